The van der Waals surface area contributed by atoms with E-state index in [1.54, 1.807) is 7.11 Å². The largest absolute Gasteiger partial charge is 0.480 e. The Balaban J connectivity index is 1.91. The van der Waals surface area contributed by atoms with Gasteiger partial charge >= 0.3 is 12.0 Å². The normalized spacial score (nSPS) is 31.0. The molecule has 2 atom stereocenters. The van der Waals surface area contributed by atoms with Crippen molar-refractivity contribution in [3.63, 3.8) is 0 Å². The molecule has 6 heteroatoms. The Hall–Kier alpha value is -1.30. The van der Waals surface area contributed by atoms with E-state index in [1.165, 1.54) is 0 Å². The van der Waals surface area contributed by atoms with Crippen LogP contribution >= 0.6 is 0 Å². The van der Waals surface area contributed by atoms with Gasteiger partial charge in [-0.2, -0.15) is 0 Å². The summed E-state index contributed by atoms with van der Waals surface area (Å²) in [5.41, 5.74) is -1.38. The fraction of sp³-hybridized carbons (Fsp3) is 0.867. The van der Waals surface area contributed by atoms with Crippen LogP contribution in [-0.2, 0) is 9.53 Å². The van der Waals surface area contributed by atoms with Crippen molar-refractivity contribution in [1.29, 1.82) is 0 Å². The molecule has 2 aliphatic rings. The molecule has 0 radical (unpaired) electrons. The van der Waals surface area contributed by atoms with Crippen LogP contribution in [0.15, 0.2) is 0 Å². The molecule has 2 amide bonds. The molecule has 2 rings (SSSR count). The Labute approximate surface area is 125 Å². The maximum Gasteiger partial charge on any atom is 0.329 e. The molecule has 3 N–H and O–H groups in total. The predicted molar refractivity (Wildman–Crippen MR) is 78.1 cm³/mol. The molecule has 0 aliphatic heterocycles. The summed E-state index contributed by atoms with van der Waals surface area (Å²) < 4.78 is 5.44. The van der Waals surface area contributed by atoms with Crippen molar-refractivity contribution in [1.82, 2.24) is 10.6 Å². The van der Waals surface area contributed by atoms with Crippen LogP contribution in [0.2, 0.25) is 0 Å². The van der Waals surface area contributed by atoms with E-state index >= 15 is 0 Å². The van der Waals surface area contributed by atoms with Gasteiger partial charge in [0.15, 0.2) is 0 Å². The summed E-state index contributed by atoms with van der Waals surface area (Å²) in [7, 11) is 1.65. The minimum atomic E-state index is -1.12. The van der Waals surface area contributed by atoms with E-state index in [0.717, 1.165) is 32.1 Å². The van der Waals surface area contributed by atoms with Crippen molar-refractivity contribution in [2.24, 2.45) is 5.92 Å². The molecule has 120 valence electrons. The number of ether oxygens (including phenoxy) is 1. The molecule has 0 aromatic carbocycles. The Bertz CT molecular complexity index is 403. The van der Waals surface area contributed by atoms with Gasteiger partial charge in [-0.3, -0.25) is 0 Å². The van der Waals surface area contributed by atoms with Gasteiger partial charge in [-0.05, 0) is 38.0 Å². The van der Waals surface area contributed by atoms with E-state index in [1.807, 2.05) is 6.92 Å². The molecule has 0 bridgehead atoms. The van der Waals surface area contributed by atoms with Crippen LogP contribution in [0.5, 0.6) is 0 Å². The van der Waals surface area contributed by atoms with Crippen molar-refractivity contribution >= 4 is 12.0 Å². The van der Waals surface area contributed by atoms with Gasteiger partial charge in [0.25, 0.3) is 0 Å². The quantitative estimate of drug-likeness (QED) is 0.723. The van der Waals surface area contributed by atoms with Crippen LogP contribution in [-0.4, -0.2) is 41.9 Å². The van der Waals surface area contributed by atoms with E-state index in [4.69, 9.17) is 4.74 Å². The zero-order valence-electron chi connectivity index (χ0n) is 12.9. The highest BCUT2D eigenvalue weighted by molar-refractivity contribution is 5.86. The maximum absolute atomic E-state index is 12.1. The van der Waals surface area contributed by atoms with Gasteiger partial charge in [-0.1, -0.05) is 19.8 Å². The van der Waals surface area contributed by atoms with Gasteiger partial charge in [0.2, 0.25) is 0 Å². The van der Waals surface area contributed by atoms with Crippen LogP contribution in [0.4, 0.5) is 4.79 Å². The van der Waals surface area contributed by atoms with Crippen molar-refractivity contribution in [3.8, 4) is 0 Å². The average Bonchev–Trinajstić information content (AvgIpc) is 2.37. The van der Waals surface area contributed by atoms with Gasteiger partial charge in [-0.15, -0.1) is 0 Å². The number of urea groups is 1. The Kier molecular flexibility index (Phi) is 4.76. The number of aliphatic carboxylic acids is 1. The number of amides is 2. The number of carboxylic acids is 1. The van der Waals surface area contributed by atoms with Gasteiger partial charge < -0.3 is 20.5 Å². The number of nitrogens with one attached hydrogen (secondary N) is 2. The average molecular weight is 298 g/mol. The van der Waals surface area contributed by atoms with E-state index in [9.17, 15) is 14.7 Å². The number of hydrogen-bond donors (Lipinski definition) is 3. The molecule has 2 saturated carbocycles. The van der Waals surface area contributed by atoms with E-state index in [0.29, 0.717) is 25.3 Å². The first-order chi connectivity index (χ1) is 9.91. The fourth-order valence-electron chi connectivity index (χ4n) is 3.44. The minimum absolute atomic E-state index is 0.256. The highest BCUT2D eigenvalue weighted by Gasteiger charge is 2.44. The predicted octanol–water partition coefficient (Wildman–Crippen LogP) is 1.89. The molecule has 6 nitrogen and oxygen atoms in total. The molecule has 2 aliphatic carbocycles. The smallest absolute Gasteiger partial charge is 0.329 e. The van der Waals surface area contributed by atoms with Gasteiger partial charge in [-0.25, -0.2) is 9.59 Å². The number of rotatable bonds is 5. The number of carboxylic acid groups (broad SMARTS) is 1. The Morgan fingerprint density at radius 3 is 2.48 bits per heavy atom. The van der Waals surface area contributed by atoms with Crippen molar-refractivity contribution < 1.29 is 19.4 Å². The lowest BCUT2D eigenvalue weighted by Crippen LogP contribution is -2.60. The third-order valence-electron chi connectivity index (χ3n) is 5.03. The third kappa shape index (κ3) is 3.48. The molecule has 0 saturated heterocycles. The number of hydrogen-bond acceptors (Lipinski definition) is 3. The minimum Gasteiger partial charge on any atom is -0.480 e. The first kappa shape index (κ1) is 16.1. The fourth-order valence-corrected chi connectivity index (χ4v) is 3.44. The molecule has 0 heterocycles. The zero-order chi connectivity index (χ0) is 15.5. The highest BCUT2D eigenvalue weighted by Crippen LogP contribution is 2.34. The van der Waals surface area contributed by atoms with Crippen LogP contribution in [0.25, 0.3) is 0 Å². The van der Waals surface area contributed by atoms with Crippen LogP contribution in [0, 0.1) is 5.92 Å². The molecule has 0 aromatic rings. The molecular weight excluding hydrogens is 272 g/mol. The van der Waals surface area contributed by atoms with Crippen molar-refractivity contribution in [3.05, 3.63) is 0 Å². The van der Waals surface area contributed by atoms with Crippen LogP contribution < -0.4 is 10.6 Å². The molecular formula is C15H26N2O4. The monoisotopic (exact) mass is 298 g/mol. The van der Waals surface area contributed by atoms with Crippen molar-refractivity contribution in [2.75, 3.05) is 13.7 Å². The Morgan fingerprint density at radius 1 is 1.29 bits per heavy atom. The number of carbonyl (C=O) groups excluding carboxylic acids is 1. The number of carbonyl (C=O) groups is 2. The summed E-state index contributed by atoms with van der Waals surface area (Å²) >= 11 is 0. The summed E-state index contributed by atoms with van der Waals surface area (Å²) in [5.74, 6) is -0.624. The van der Waals surface area contributed by atoms with Crippen LogP contribution in [0.1, 0.15) is 51.9 Å². The van der Waals surface area contributed by atoms with Gasteiger partial charge in [0, 0.05) is 13.7 Å². The molecule has 2 fully saturated rings. The second-order valence-electron chi connectivity index (χ2n) is 6.64. The standard InChI is InChI=1S/C15H26N2O4/c1-11-5-3-8-15(9-11,12(18)19)17-13(20)16-10-14(21-2)6-4-7-14/h11H,3-10H2,1-2H3,(H,18,19)(H2,16,17,20). The van der Waals surface area contributed by atoms with E-state index < -0.39 is 17.5 Å². The second kappa shape index (κ2) is 6.22. The lowest BCUT2D eigenvalue weighted by Gasteiger charge is -2.41. The summed E-state index contributed by atoms with van der Waals surface area (Å²) in [6.07, 6.45) is 5.81. The van der Waals surface area contributed by atoms with Gasteiger partial charge in [0.1, 0.15) is 5.54 Å². The SMILES string of the molecule is COC1(CNC(=O)NC2(C(=O)O)CCCC(C)C2)CCC1. The Morgan fingerprint density at radius 2 is 2.00 bits per heavy atom. The second-order valence-corrected chi connectivity index (χ2v) is 6.64. The maximum atomic E-state index is 12.1. The summed E-state index contributed by atoms with van der Waals surface area (Å²) in [5, 5.41) is 15.0. The third-order valence-corrected chi connectivity index (χ3v) is 5.03. The first-order valence-corrected chi connectivity index (χ1v) is 7.76. The topological polar surface area (TPSA) is 87.7 Å². The first-order valence-electron chi connectivity index (χ1n) is 7.76. The van der Waals surface area contributed by atoms with Crippen molar-refractivity contribution in [2.45, 2.75) is 63.0 Å². The summed E-state index contributed by atoms with van der Waals surface area (Å²) in [6, 6.07) is -0.408. The number of methoxy groups -OCH3 is 1. The van der Waals surface area contributed by atoms with Crippen LogP contribution in [0.3, 0.4) is 0 Å². The molecule has 2 unspecified atom stereocenters. The zero-order valence-corrected chi connectivity index (χ0v) is 12.9. The van der Waals surface area contributed by atoms with E-state index in [-0.39, 0.29) is 5.60 Å². The highest BCUT2D eigenvalue weighted by atomic mass is 16.5. The molecule has 0 spiro atoms. The lowest BCUT2D eigenvalue weighted by atomic mass is 9.76. The lowest BCUT2D eigenvalue weighted by molar-refractivity contribution is -0.146. The summed E-state index contributed by atoms with van der Waals surface area (Å²) in [6.45, 7) is 2.46. The van der Waals surface area contributed by atoms with Gasteiger partial charge in [0.05, 0.1) is 5.60 Å². The molecule has 21 heavy (non-hydrogen) atoms. The summed E-state index contributed by atoms with van der Waals surface area (Å²) in [4.78, 5) is 23.7. The van der Waals surface area contributed by atoms with E-state index in [2.05, 4.69) is 10.6 Å². The molecule has 0 aromatic heterocycles.